The molecule has 0 aromatic carbocycles. The molecule has 0 amide bonds. The number of anilines is 1. The highest BCUT2D eigenvalue weighted by Crippen LogP contribution is 2.66. The zero-order valence-electron chi connectivity index (χ0n) is 12.0. The van der Waals surface area contributed by atoms with Gasteiger partial charge < -0.3 is 11.1 Å². The molecule has 4 rings (SSSR count). The first-order chi connectivity index (χ1) is 9.56. The Balaban J connectivity index is 1.62. The van der Waals surface area contributed by atoms with Gasteiger partial charge in [-0.15, -0.1) is 0 Å². The maximum absolute atomic E-state index is 5.90. The van der Waals surface area contributed by atoms with Crippen LogP contribution in [0.5, 0.6) is 0 Å². The number of fused-ring (bicyclic) bond motifs is 5. The largest absolute Gasteiger partial charge is 0.389 e. The molecule has 4 atom stereocenters. The van der Waals surface area contributed by atoms with Crippen LogP contribution < -0.4 is 11.1 Å². The van der Waals surface area contributed by atoms with Gasteiger partial charge in [0, 0.05) is 11.7 Å². The van der Waals surface area contributed by atoms with Gasteiger partial charge in [-0.05, 0) is 68.4 Å². The molecule has 0 spiro atoms. The minimum Gasteiger partial charge on any atom is -0.389 e. The van der Waals surface area contributed by atoms with E-state index in [1.165, 1.54) is 19.3 Å². The van der Waals surface area contributed by atoms with E-state index >= 15 is 0 Å². The number of nitrogens with two attached hydrogens (primary N) is 1. The first-order valence-electron chi connectivity index (χ1n) is 7.61. The summed E-state index contributed by atoms with van der Waals surface area (Å²) in [6.07, 6.45) is 4.34. The summed E-state index contributed by atoms with van der Waals surface area (Å²) in [5.41, 5.74) is 8.98. The van der Waals surface area contributed by atoms with Gasteiger partial charge >= 0.3 is 0 Å². The number of pyridine rings is 1. The number of hydrogen-bond donors (Lipinski definition) is 2. The molecule has 20 heavy (non-hydrogen) atoms. The minimum atomic E-state index is 0.450. The maximum atomic E-state index is 5.90. The molecule has 3 aliphatic carbocycles. The molecule has 3 aliphatic rings. The first kappa shape index (κ1) is 12.6. The van der Waals surface area contributed by atoms with Crippen LogP contribution in [0.2, 0.25) is 0 Å². The molecule has 3 saturated carbocycles. The van der Waals surface area contributed by atoms with Gasteiger partial charge in [0.15, 0.2) is 0 Å². The van der Waals surface area contributed by atoms with Gasteiger partial charge in [0.25, 0.3) is 0 Å². The van der Waals surface area contributed by atoms with Crippen molar-refractivity contribution in [2.24, 2.45) is 29.4 Å². The van der Waals surface area contributed by atoms with E-state index in [4.69, 9.17) is 18.0 Å². The third-order valence-electron chi connectivity index (χ3n) is 5.63. The van der Waals surface area contributed by atoms with Gasteiger partial charge in [0.05, 0.1) is 5.56 Å². The van der Waals surface area contributed by atoms with Crippen LogP contribution in [0.4, 0.5) is 5.82 Å². The van der Waals surface area contributed by atoms with Gasteiger partial charge in [0.2, 0.25) is 0 Å². The average molecular weight is 287 g/mol. The number of aromatic nitrogens is 1. The van der Waals surface area contributed by atoms with E-state index in [0.29, 0.717) is 11.0 Å². The van der Waals surface area contributed by atoms with Crippen molar-refractivity contribution in [2.75, 3.05) is 5.32 Å². The van der Waals surface area contributed by atoms with Crippen LogP contribution in [0, 0.1) is 37.5 Å². The van der Waals surface area contributed by atoms with E-state index in [1.54, 1.807) is 0 Å². The molecule has 4 heteroatoms. The lowest BCUT2D eigenvalue weighted by atomic mass is 10.0. The topological polar surface area (TPSA) is 50.9 Å². The second-order valence-corrected chi connectivity index (χ2v) is 7.27. The number of aryl methyl sites for hydroxylation is 2. The molecule has 4 unspecified atom stereocenters. The minimum absolute atomic E-state index is 0.450. The molecular formula is C16H21N3S. The molecule has 0 radical (unpaired) electrons. The van der Waals surface area contributed by atoms with Crippen LogP contribution in [0.1, 0.15) is 36.1 Å². The highest BCUT2D eigenvalue weighted by Gasteiger charge is 2.65. The van der Waals surface area contributed by atoms with E-state index in [2.05, 4.69) is 23.3 Å². The lowest BCUT2D eigenvalue weighted by Gasteiger charge is -2.16. The van der Waals surface area contributed by atoms with Crippen molar-refractivity contribution in [3.05, 3.63) is 22.9 Å². The highest BCUT2D eigenvalue weighted by molar-refractivity contribution is 7.80. The van der Waals surface area contributed by atoms with Gasteiger partial charge in [-0.25, -0.2) is 4.98 Å². The van der Waals surface area contributed by atoms with E-state index in [1.807, 2.05) is 6.92 Å². The van der Waals surface area contributed by atoms with Crippen molar-refractivity contribution < 1.29 is 0 Å². The van der Waals surface area contributed by atoms with Crippen molar-refractivity contribution in [1.82, 2.24) is 4.98 Å². The molecule has 2 bridgehead atoms. The number of thiocarbonyl (C=S) groups is 1. The summed E-state index contributed by atoms with van der Waals surface area (Å²) in [6, 6.07) is 2.67. The first-order valence-corrected chi connectivity index (χ1v) is 8.01. The normalized spacial score (nSPS) is 36.8. The van der Waals surface area contributed by atoms with Crippen molar-refractivity contribution in [3.63, 3.8) is 0 Å². The third kappa shape index (κ3) is 1.70. The lowest BCUT2D eigenvalue weighted by molar-refractivity contribution is 0.456. The summed E-state index contributed by atoms with van der Waals surface area (Å²) in [5, 5.41) is 3.67. The zero-order valence-corrected chi connectivity index (χ0v) is 12.8. The predicted molar refractivity (Wildman–Crippen MR) is 84.8 cm³/mol. The third-order valence-corrected chi connectivity index (χ3v) is 5.83. The zero-order chi connectivity index (χ0) is 14.0. The summed E-state index contributed by atoms with van der Waals surface area (Å²) in [6.45, 7) is 4.09. The molecular weight excluding hydrogens is 266 g/mol. The van der Waals surface area contributed by atoms with Crippen molar-refractivity contribution in [2.45, 2.75) is 39.2 Å². The average Bonchev–Trinajstić information content (AvgIpc) is 2.77. The molecule has 1 heterocycles. The number of nitrogens with zero attached hydrogens (tertiary/aromatic N) is 1. The van der Waals surface area contributed by atoms with E-state index in [9.17, 15) is 0 Å². The summed E-state index contributed by atoms with van der Waals surface area (Å²) in [4.78, 5) is 5.10. The van der Waals surface area contributed by atoms with Crippen LogP contribution in [0.15, 0.2) is 6.07 Å². The van der Waals surface area contributed by atoms with Crippen LogP contribution in [0.25, 0.3) is 0 Å². The highest BCUT2D eigenvalue weighted by atomic mass is 32.1. The standard InChI is InChI=1S/C16H21N3S/c1-7-5-8(2)18-16(11(7)15(17)20)19-14-12-9-3-4-10(6-9)13(12)14/h5,9-10,12-14H,3-4,6H2,1-2H3,(H2,17,20)(H,18,19). The molecule has 3 fully saturated rings. The molecule has 3 N–H and O–H groups in total. The Bertz CT molecular complexity index is 582. The van der Waals surface area contributed by atoms with Crippen LogP contribution in [0.3, 0.4) is 0 Å². The molecule has 1 aromatic rings. The Morgan fingerprint density at radius 2 is 1.95 bits per heavy atom. The number of rotatable bonds is 3. The quantitative estimate of drug-likeness (QED) is 0.839. The lowest BCUT2D eigenvalue weighted by Crippen LogP contribution is -2.20. The Kier molecular flexibility index (Phi) is 2.62. The molecule has 0 aliphatic heterocycles. The van der Waals surface area contributed by atoms with Crippen LogP contribution in [-0.4, -0.2) is 16.0 Å². The van der Waals surface area contributed by atoms with Gasteiger partial charge in [-0.2, -0.15) is 0 Å². The Morgan fingerprint density at radius 3 is 2.55 bits per heavy atom. The van der Waals surface area contributed by atoms with Crippen LogP contribution in [-0.2, 0) is 0 Å². The van der Waals surface area contributed by atoms with Crippen LogP contribution >= 0.6 is 12.2 Å². The van der Waals surface area contributed by atoms with Gasteiger partial charge in [-0.3, -0.25) is 0 Å². The van der Waals surface area contributed by atoms with E-state index in [0.717, 1.165) is 46.3 Å². The Hall–Kier alpha value is -1.16. The molecule has 106 valence electrons. The Labute approximate surface area is 125 Å². The monoisotopic (exact) mass is 287 g/mol. The SMILES string of the molecule is Cc1cc(C)c(C(N)=S)c(NC2C3C4CCC(C4)C23)n1. The molecule has 3 nitrogen and oxygen atoms in total. The van der Waals surface area contributed by atoms with E-state index in [-0.39, 0.29) is 0 Å². The summed E-state index contributed by atoms with van der Waals surface area (Å²) in [5.74, 6) is 4.60. The predicted octanol–water partition coefficient (Wildman–Crippen LogP) is 2.79. The number of nitrogens with one attached hydrogen (secondary N) is 1. The van der Waals surface area contributed by atoms with Crippen molar-refractivity contribution in [3.8, 4) is 0 Å². The Morgan fingerprint density at radius 1 is 1.30 bits per heavy atom. The second-order valence-electron chi connectivity index (χ2n) is 6.83. The smallest absolute Gasteiger partial charge is 0.137 e. The summed E-state index contributed by atoms with van der Waals surface area (Å²) >= 11 is 5.21. The van der Waals surface area contributed by atoms with Gasteiger partial charge in [0.1, 0.15) is 10.8 Å². The molecule has 0 saturated heterocycles. The fourth-order valence-electron chi connectivity index (χ4n) is 4.93. The fourth-order valence-corrected chi connectivity index (χ4v) is 5.19. The van der Waals surface area contributed by atoms with E-state index < -0.39 is 0 Å². The molecule has 1 aromatic heterocycles. The van der Waals surface area contributed by atoms with Gasteiger partial charge in [-0.1, -0.05) is 12.2 Å². The second kappa shape index (κ2) is 4.17. The summed E-state index contributed by atoms with van der Waals surface area (Å²) < 4.78 is 0. The number of hydrogen-bond acceptors (Lipinski definition) is 3. The maximum Gasteiger partial charge on any atom is 0.137 e. The fraction of sp³-hybridized carbons (Fsp3) is 0.625. The summed E-state index contributed by atoms with van der Waals surface area (Å²) in [7, 11) is 0. The van der Waals surface area contributed by atoms with Crippen molar-refractivity contribution >= 4 is 23.0 Å². The van der Waals surface area contributed by atoms with Crippen molar-refractivity contribution in [1.29, 1.82) is 0 Å².